The first-order valence-corrected chi connectivity index (χ1v) is 7.70. The normalized spacial score (nSPS) is 14.4. The minimum Gasteiger partial charge on any atom is -0.479 e. The van der Waals surface area contributed by atoms with Crippen LogP contribution in [0.4, 0.5) is 0 Å². The average Bonchev–Trinajstić information content (AvgIpc) is 2.89. The Hall–Kier alpha value is -1.91. The van der Waals surface area contributed by atoms with Crippen molar-refractivity contribution < 1.29 is 37.4 Å². The molecule has 0 saturated carbocycles. The topological polar surface area (TPSA) is 143 Å². The van der Waals surface area contributed by atoms with E-state index in [1.54, 1.807) is 6.92 Å². The largest absolute Gasteiger partial charge is 0.479 e. The Morgan fingerprint density at radius 1 is 1.45 bits per heavy atom. The van der Waals surface area contributed by atoms with E-state index in [9.17, 15) is 23.1 Å². The molecule has 0 amide bonds. The SMILES string of the molecule is CCc1oc(C(=O)OC)cc1S(=O)(=O)NCC(C)(O)C(=O)O. The molecule has 0 aliphatic rings. The quantitative estimate of drug-likeness (QED) is 0.578. The summed E-state index contributed by atoms with van der Waals surface area (Å²) in [5, 5.41) is 18.3. The van der Waals surface area contributed by atoms with E-state index in [1.165, 1.54) is 0 Å². The highest BCUT2D eigenvalue weighted by atomic mass is 32.2. The van der Waals surface area contributed by atoms with Gasteiger partial charge in [0.1, 0.15) is 10.7 Å². The number of methoxy groups -OCH3 is 1. The lowest BCUT2D eigenvalue weighted by Gasteiger charge is -2.18. The zero-order valence-electron chi connectivity index (χ0n) is 12.2. The van der Waals surface area contributed by atoms with Crippen molar-refractivity contribution in [3.05, 3.63) is 17.6 Å². The number of carbonyl (C=O) groups is 2. The Balaban J connectivity index is 3.10. The number of sulfonamides is 1. The predicted octanol–water partition coefficient (Wildman–Crippen LogP) is -0.258. The fraction of sp³-hybridized carbons (Fsp3) is 0.500. The highest BCUT2D eigenvalue weighted by molar-refractivity contribution is 7.89. The second-order valence-corrected chi connectivity index (χ2v) is 6.38. The number of hydrogen-bond acceptors (Lipinski definition) is 7. The fourth-order valence-corrected chi connectivity index (χ4v) is 2.85. The van der Waals surface area contributed by atoms with Gasteiger partial charge in [-0.15, -0.1) is 0 Å². The molecule has 0 saturated heterocycles. The van der Waals surface area contributed by atoms with E-state index in [-0.39, 0.29) is 22.8 Å². The first-order chi connectivity index (χ1) is 10.0. The summed E-state index contributed by atoms with van der Waals surface area (Å²) in [6, 6.07) is 0.989. The van der Waals surface area contributed by atoms with Gasteiger partial charge in [0.15, 0.2) is 5.60 Å². The Bertz CT molecular complexity index is 673. The Morgan fingerprint density at radius 3 is 2.50 bits per heavy atom. The maximum atomic E-state index is 12.2. The number of carboxylic acids is 1. The molecule has 9 nitrogen and oxygen atoms in total. The Morgan fingerprint density at radius 2 is 2.05 bits per heavy atom. The van der Waals surface area contributed by atoms with Crippen molar-refractivity contribution in [2.45, 2.75) is 30.8 Å². The van der Waals surface area contributed by atoms with Gasteiger partial charge in [0.2, 0.25) is 15.8 Å². The molecule has 22 heavy (non-hydrogen) atoms. The number of aliphatic carboxylic acids is 1. The van der Waals surface area contributed by atoms with Gasteiger partial charge in [0.05, 0.1) is 13.7 Å². The van der Waals surface area contributed by atoms with Gasteiger partial charge in [-0.3, -0.25) is 0 Å². The summed E-state index contributed by atoms with van der Waals surface area (Å²) in [6.07, 6.45) is 0.183. The second kappa shape index (κ2) is 6.46. The van der Waals surface area contributed by atoms with Crippen LogP contribution in [0.3, 0.4) is 0 Å². The molecule has 0 spiro atoms. The molecule has 0 radical (unpaired) electrons. The van der Waals surface area contributed by atoms with Gasteiger partial charge < -0.3 is 19.4 Å². The third kappa shape index (κ3) is 3.84. The number of ether oxygens (including phenoxy) is 1. The van der Waals surface area contributed by atoms with Crippen LogP contribution in [0.5, 0.6) is 0 Å². The Labute approximate surface area is 126 Å². The molecular weight excluding hydrogens is 318 g/mol. The summed E-state index contributed by atoms with van der Waals surface area (Å²) in [4.78, 5) is 21.8. The van der Waals surface area contributed by atoms with Crippen molar-refractivity contribution in [2.24, 2.45) is 0 Å². The number of hydrogen-bond donors (Lipinski definition) is 3. The highest BCUT2D eigenvalue weighted by Gasteiger charge is 2.33. The molecule has 0 bridgehead atoms. The van der Waals surface area contributed by atoms with Crippen molar-refractivity contribution in [1.29, 1.82) is 0 Å². The van der Waals surface area contributed by atoms with E-state index in [4.69, 9.17) is 9.52 Å². The molecule has 1 unspecified atom stereocenters. The van der Waals surface area contributed by atoms with Crippen LogP contribution in [0.25, 0.3) is 0 Å². The summed E-state index contributed by atoms with van der Waals surface area (Å²) in [7, 11) is -3.05. The van der Waals surface area contributed by atoms with Gasteiger partial charge in [-0.1, -0.05) is 6.92 Å². The second-order valence-electron chi connectivity index (χ2n) is 4.65. The molecule has 1 rings (SSSR count). The first kappa shape index (κ1) is 18.1. The summed E-state index contributed by atoms with van der Waals surface area (Å²) < 4.78 is 35.9. The minimum absolute atomic E-state index is 0.0165. The van der Waals surface area contributed by atoms with Crippen LogP contribution in [-0.2, 0) is 26.0 Å². The third-order valence-electron chi connectivity index (χ3n) is 2.83. The molecule has 124 valence electrons. The summed E-state index contributed by atoms with van der Waals surface area (Å²) >= 11 is 0. The number of esters is 1. The molecule has 0 fully saturated rings. The van der Waals surface area contributed by atoms with Crippen LogP contribution >= 0.6 is 0 Å². The van der Waals surface area contributed by atoms with Crippen molar-refractivity contribution in [1.82, 2.24) is 4.72 Å². The number of carboxylic acid groups (broad SMARTS) is 1. The fourth-order valence-electron chi connectivity index (χ4n) is 1.48. The number of furan rings is 1. The van der Waals surface area contributed by atoms with E-state index >= 15 is 0 Å². The number of aliphatic hydroxyl groups is 1. The molecule has 1 aromatic heterocycles. The van der Waals surface area contributed by atoms with Gasteiger partial charge in [0, 0.05) is 12.5 Å². The van der Waals surface area contributed by atoms with Gasteiger partial charge in [-0.2, -0.15) is 0 Å². The number of nitrogens with one attached hydrogen (secondary N) is 1. The summed E-state index contributed by atoms with van der Waals surface area (Å²) in [5.74, 6) is -2.69. The van der Waals surface area contributed by atoms with Gasteiger partial charge in [-0.25, -0.2) is 22.7 Å². The van der Waals surface area contributed by atoms with Crippen LogP contribution in [0.15, 0.2) is 15.4 Å². The van der Waals surface area contributed by atoms with E-state index < -0.39 is 34.1 Å². The molecule has 0 aliphatic carbocycles. The van der Waals surface area contributed by atoms with Crippen molar-refractivity contribution in [3.63, 3.8) is 0 Å². The van der Waals surface area contributed by atoms with Crippen molar-refractivity contribution in [3.8, 4) is 0 Å². The average molecular weight is 335 g/mol. The summed E-state index contributed by atoms with van der Waals surface area (Å²) in [5.41, 5.74) is -2.27. The Kier molecular flexibility index (Phi) is 5.33. The lowest BCUT2D eigenvalue weighted by molar-refractivity contribution is -0.155. The smallest absolute Gasteiger partial charge is 0.373 e. The van der Waals surface area contributed by atoms with Crippen molar-refractivity contribution >= 4 is 22.0 Å². The van der Waals surface area contributed by atoms with Crippen LogP contribution in [0.1, 0.15) is 30.2 Å². The van der Waals surface area contributed by atoms with Gasteiger partial charge in [-0.05, 0) is 6.92 Å². The van der Waals surface area contributed by atoms with E-state index in [2.05, 4.69) is 4.74 Å². The number of aryl methyl sites for hydroxylation is 1. The molecule has 1 heterocycles. The van der Waals surface area contributed by atoms with Crippen LogP contribution in [0, 0.1) is 0 Å². The standard InChI is InChI=1S/C12H17NO8S/c1-4-7-9(5-8(21-7)10(14)20-3)22(18,19)13-6-12(2,17)11(15)16/h5,13,17H,4,6H2,1-3H3,(H,15,16). The lowest BCUT2D eigenvalue weighted by atomic mass is 10.1. The number of rotatable bonds is 7. The lowest BCUT2D eigenvalue weighted by Crippen LogP contribution is -2.46. The molecule has 0 aromatic carbocycles. The van der Waals surface area contributed by atoms with Crippen LogP contribution < -0.4 is 4.72 Å². The van der Waals surface area contributed by atoms with Crippen LogP contribution in [0.2, 0.25) is 0 Å². The summed E-state index contributed by atoms with van der Waals surface area (Å²) in [6.45, 7) is 1.83. The molecule has 10 heteroatoms. The maximum absolute atomic E-state index is 12.2. The number of carbonyl (C=O) groups excluding carboxylic acids is 1. The first-order valence-electron chi connectivity index (χ1n) is 6.21. The molecule has 1 atom stereocenters. The zero-order valence-corrected chi connectivity index (χ0v) is 13.1. The van der Waals surface area contributed by atoms with Gasteiger partial charge in [0.25, 0.3) is 0 Å². The molecule has 0 aliphatic heterocycles. The monoisotopic (exact) mass is 335 g/mol. The zero-order chi connectivity index (χ0) is 17.1. The highest BCUT2D eigenvalue weighted by Crippen LogP contribution is 2.22. The predicted molar refractivity (Wildman–Crippen MR) is 72.9 cm³/mol. The van der Waals surface area contributed by atoms with E-state index in [0.29, 0.717) is 0 Å². The maximum Gasteiger partial charge on any atom is 0.373 e. The van der Waals surface area contributed by atoms with E-state index in [1.807, 2.05) is 4.72 Å². The minimum atomic E-state index is -4.17. The van der Waals surface area contributed by atoms with Gasteiger partial charge >= 0.3 is 11.9 Å². The molecular formula is C12H17NO8S. The van der Waals surface area contributed by atoms with Crippen molar-refractivity contribution in [2.75, 3.05) is 13.7 Å². The van der Waals surface area contributed by atoms with E-state index in [0.717, 1.165) is 20.1 Å². The molecule has 3 N–H and O–H groups in total. The third-order valence-corrected chi connectivity index (χ3v) is 4.28. The van der Waals surface area contributed by atoms with Crippen LogP contribution in [-0.4, -0.2) is 49.8 Å². The molecule has 1 aromatic rings.